The lowest BCUT2D eigenvalue weighted by atomic mass is 9.55. The summed E-state index contributed by atoms with van der Waals surface area (Å²) in [5, 5.41) is 2.50. The molecule has 13 rings (SSSR count). The minimum absolute atomic E-state index is 0.161. The molecule has 2 aliphatic carbocycles. The van der Waals surface area contributed by atoms with Crippen molar-refractivity contribution in [3.05, 3.63) is 276 Å². The summed E-state index contributed by atoms with van der Waals surface area (Å²) in [6.45, 7) is 4.78. The quantitative estimate of drug-likeness (QED) is 0.162. The van der Waals surface area contributed by atoms with E-state index in [4.69, 9.17) is 0 Å². The molecule has 1 heterocycles. The van der Waals surface area contributed by atoms with E-state index in [-0.39, 0.29) is 5.41 Å². The van der Waals surface area contributed by atoms with Crippen LogP contribution in [0.2, 0.25) is 0 Å². The van der Waals surface area contributed by atoms with Crippen LogP contribution in [0.4, 0.5) is 17.1 Å². The highest BCUT2D eigenvalue weighted by molar-refractivity contribution is 6.10. The van der Waals surface area contributed by atoms with E-state index in [1.807, 2.05) is 0 Å². The molecule has 0 unspecified atom stereocenters. The van der Waals surface area contributed by atoms with Gasteiger partial charge >= 0.3 is 0 Å². The van der Waals surface area contributed by atoms with E-state index in [0.717, 1.165) is 17.1 Å². The molecule has 0 bridgehead atoms. The maximum Gasteiger partial charge on any atom is 0.0720 e. The van der Waals surface area contributed by atoms with Crippen LogP contribution >= 0.6 is 0 Å². The lowest BCUT2D eigenvalue weighted by Gasteiger charge is -2.46. The maximum atomic E-state index is 2.50. The van der Waals surface area contributed by atoms with E-state index >= 15 is 0 Å². The number of nitrogens with zero attached hydrogens (tertiary/aromatic N) is 2. The SMILES string of the molecule is CC1(C)c2ccccc2C2(c3ccccc3-c3ccc(N(c4ccc(-c5ccccc5)cc4)c4ccc(-c5ccc6c(c5)c5ccccc5n6-c5ccccc5)cc4)cc32)c2ccccc21. The average molecular weight is 843 g/mol. The van der Waals surface area contributed by atoms with Crippen molar-refractivity contribution in [1.29, 1.82) is 0 Å². The van der Waals surface area contributed by atoms with Crippen molar-refractivity contribution in [2.24, 2.45) is 0 Å². The molecule has 0 N–H and O–H groups in total. The van der Waals surface area contributed by atoms with E-state index < -0.39 is 5.41 Å². The lowest BCUT2D eigenvalue weighted by Crippen LogP contribution is -2.40. The van der Waals surface area contributed by atoms with Crippen LogP contribution in [0.1, 0.15) is 47.2 Å². The summed E-state index contributed by atoms with van der Waals surface area (Å²) in [6.07, 6.45) is 0. The number of hydrogen-bond acceptors (Lipinski definition) is 1. The molecule has 1 spiro atoms. The van der Waals surface area contributed by atoms with Gasteiger partial charge in [-0.2, -0.15) is 0 Å². The fourth-order valence-electron chi connectivity index (χ4n) is 11.7. The van der Waals surface area contributed by atoms with Gasteiger partial charge in [0.1, 0.15) is 0 Å². The first kappa shape index (κ1) is 38.3. The topological polar surface area (TPSA) is 8.17 Å². The monoisotopic (exact) mass is 842 g/mol. The van der Waals surface area contributed by atoms with Crippen molar-refractivity contribution < 1.29 is 0 Å². The van der Waals surface area contributed by atoms with Crippen LogP contribution in [-0.4, -0.2) is 4.57 Å². The smallest absolute Gasteiger partial charge is 0.0720 e. The fourth-order valence-corrected chi connectivity index (χ4v) is 11.7. The highest BCUT2D eigenvalue weighted by Crippen LogP contribution is 2.62. The second-order valence-electron chi connectivity index (χ2n) is 18.5. The number of aromatic nitrogens is 1. The summed E-state index contributed by atoms with van der Waals surface area (Å²) >= 11 is 0. The number of para-hydroxylation sites is 2. The Morgan fingerprint density at radius 3 is 1.45 bits per heavy atom. The molecule has 0 fully saturated rings. The molecule has 11 aromatic rings. The largest absolute Gasteiger partial charge is 0.310 e. The van der Waals surface area contributed by atoms with Gasteiger partial charge in [-0.25, -0.2) is 0 Å². The number of benzene rings is 10. The Hall–Kier alpha value is -8.20. The van der Waals surface area contributed by atoms with Crippen LogP contribution in [0.15, 0.2) is 243 Å². The van der Waals surface area contributed by atoms with Gasteiger partial charge < -0.3 is 9.47 Å². The van der Waals surface area contributed by atoms with Crippen LogP contribution in [0, 0.1) is 0 Å². The van der Waals surface area contributed by atoms with Crippen molar-refractivity contribution in [3.63, 3.8) is 0 Å². The highest BCUT2D eigenvalue weighted by atomic mass is 15.1. The Morgan fingerprint density at radius 1 is 0.318 bits per heavy atom. The van der Waals surface area contributed by atoms with Crippen molar-refractivity contribution in [1.82, 2.24) is 4.57 Å². The van der Waals surface area contributed by atoms with E-state index in [1.54, 1.807) is 0 Å². The summed E-state index contributed by atoms with van der Waals surface area (Å²) in [4.78, 5) is 2.44. The predicted octanol–water partition coefficient (Wildman–Crippen LogP) is 16.6. The van der Waals surface area contributed by atoms with Gasteiger partial charge in [0.25, 0.3) is 0 Å². The first-order valence-corrected chi connectivity index (χ1v) is 23.1. The molecule has 0 aliphatic heterocycles. The molecule has 0 saturated heterocycles. The van der Waals surface area contributed by atoms with Crippen molar-refractivity contribution >= 4 is 38.9 Å². The van der Waals surface area contributed by atoms with Crippen molar-refractivity contribution in [2.45, 2.75) is 24.7 Å². The van der Waals surface area contributed by atoms with Gasteiger partial charge in [0.15, 0.2) is 0 Å². The number of rotatable bonds is 6. The third kappa shape index (κ3) is 5.55. The van der Waals surface area contributed by atoms with Gasteiger partial charge in [0.05, 0.1) is 16.4 Å². The molecular weight excluding hydrogens is 797 g/mol. The Bertz CT molecular complexity index is 3600. The predicted molar refractivity (Wildman–Crippen MR) is 276 cm³/mol. The molecule has 10 aromatic carbocycles. The molecule has 0 atom stereocenters. The van der Waals surface area contributed by atoms with Crippen LogP contribution < -0.4 is 4.90 Å². The van der Waals surface area contributed by atoms with E-state index in [1.165, 1.54) is 94.3 Å². The number of anilines is 3. The highest BCUT2D eigenvalue weighted by Gasteiger charge is 2.53. The van der Waals surface area contributed by atoms with Gasteiger partial charge in [-0.15, -0.1) is 0 Å². The standard InChI is InChI=1S/C64H46N2/c1-63(2)56-24-12-14-26-58(56)64(59-27-15-13-25-57(59)63)55-23-11-9-21-51(55)52-39-38-50(42-60(52)64)65(48-34-29-44(30-35-48)43-17-5-3-6-18-43)49-36-31-45(32-37-49)46-33-40-62-54(41-46)53-22-10-16-28-61(53)66(62)47-19-7-4-8-20-47/h3-42H,1-2H3. The molecule has 2 nitrogen and oxygen atoms in total. The van der Waals surface area contributed by atoms with Crippen LogP contribution in [-0.2, 0) is 10.8 Å². The molecule has 0 amide bonds. The summed E-state index contributed by atoms with van der Waals surface area (Å²) in [5.74, 6) is 0. The summed E-state index contributed by atoms with van der Waals surface area (Å²) in [5.41, 5.74) is 21.8. The van der Waals surface area contributed by atoms with Gasteiger partial charge in [0, 0.05) is 38.9 Å². The number of hydrogen-bond donors (Lipinski definition) is 0. The third-order valence-electron chi connectivity index (χ3n) is 14.7. The molecule has 2 aliphatic rings. The maximum absolute atomic E-state index is 2.50. The second-order valence-corrected chi connectivity index (χ2v) is 18.5. The summed E-state index contributed by atoms with van der Waals surface area (Å²) in [6, 6.07) is 90.0. The van der Waals surface area contributed by atoms with Gasteiger partial charge in [-0.05, 0) is 133 Å². The zero-order valence-corrected chi connectivity index (χ0v) is 37.0. The average Bonchev–Trinajstić information content (AvgIpc) is 3.87. The van der Waals surface area contributed by atoms with Gasteiger partial charge in [-0.3, -0.25) is 0 Å². The Morgan fingerprint density at radius 2 is 0.788 bits per heavy atom. The fraction of sp³-hybridized carbons (Fsp3) is 0.0625. The molecular formula is C64H46N2. The van der Waals surface area contributed by atoms with E-state index in [2.05, 4.69) is 266 Å². The molecule has 2 heteroatoms. The summed E-state index contributed by atoms with van der Waals surface area (Å²) in [7, 11) is 0. The Kier molecular flexibility index (Phi) is 8.51. The van der Waals surface area contributed by atoms with Crippen molar-refractivity contribution in [3.8, 4) is 39.1 Å². The summed E-state index contributed by atoms with van der Waals surface area (Å²) < 4.78 is 2.38. The van der Waals surface area contributed by atoms with Gasteiger partial charge in [-0.1, -0.05) is 190 Å². The Balaban J connectivity index is 0.983. The van der Waals surface area contributed by atoms with E-state index in [0.29, 0.717) is 0 Å². The Labute approximate surface area is 386 Å². The molecule has 0 saturated carbocycles. The van der Waals surface area contributed by atoms with Crippen LogP contribution in [0.3, 0.4) is 0 Å². The van der Waals surface area contributed by atoms with Gasteiger partial charge in [0.2, 0.25) is 0 Å². The second kappa shape index (κ2) is 14.7. The van der Waals surface area contributed by atoms with Crippen LogP contribution in [0.5, 0.6) is 0 Å². The first-order chi connectivity index (χ1) is 32.5. The molecule has 312 valence electrons. The van der Waals surface area contributed by atoms with Crippen molar-refractivity contribution in [2.75, 3.05) is 4.90 Å². The minimum Gasteiger partial charge on any atom is -0.310 e. The molecule has 1 aromatic heterocycles. The first-order valence-electron chi connectivity index (χ1n) is 23.1. The van der Waals surface area contributed by atoms with E-state index in [9.17, 15) is 0 Å². The molecule has 0 radical (unpaired) electrons. The minimum atomic E-state index is -0.486. The third-order valence-corrected chi connectivity index (χ3v) is 14.7. The zero-order chi connectivity index (χ0) is 44.0. The normalized spacial score (nSPS) is 13.8. The lowest BCUT2D eigenvalue weighted by molar-refractivity contribution is 0.563. The zero-order valence-electron chi connectivity index (χ0n) is 37.0. The van der Waals surface area contributed by atoms with Crippen LogP contribution in [0.25, 0.3) is 60.9 Å². The molecule has 66 heavy (non-hydrogen) atoms. The number of fused-ring (bicyclic) bond motifs is 12.